The fourth-order valence-corrected chi connectivity index (χ4v) is 2.91. The van der Waals surface area contributed by atoms with Crippen LogP contribution in [-0.2, 0) is 0 Å². The third-order valence-corrected chi connectivity index (χ3v) is 3.76. The predicted molar refractivity (Wildman–Crippen MR) is 54.2 cm³/mol. The van der Waals surface area contributed by atoms with E-state index in [0.29, 0.717) is 11.3 Å². The van der Waals surface area contributed by atoms with E-state index >= 15 is 0 Å². The predicted octanol–water partition coefficient (Wildman–Crippen LogP) is 2.33. The lowest BCUT2D eigenvalue weighted by atomic mass is 10.1. The van der Waals surface area contributed by atoms with Crippen LogP contribution in [0, 0.1) is 5.82 Å². The molecule has 0 aliphatic carbocycles. The number of hydrogen-bond acceptors (Lipinski definition) is 2. The van der Waals surface area contributed by atoms with Crippen LogP contribution >= 0.6 is 11.8 Å². The molecule has 2 atom stereocenters. The average Bonchev–Trinajstić information content (AvgIpc) is 2.53. The van der Waals surface area contributed by atoms with Crippen LogP contribution in [0.2, 0.25) is 0 Å². The number of nitrogens with two attached hydrogens (primary N) is 1. The second kappa shape index (κ2) is 3.68. The standard InChI is InChI=1S/C10H12FNS/c11-8-3-1-7(2-4-8)10-5-9(12)6-13-10/h1-4,9-10H,5-6,12H2. The zero-order chi connectivity index (χ0) is 9.26. The summed E-state index contributed by atoms with van der Waals surface area (Å²) < 4.78 is 12.6. The quantitative estimate of drug-likeness (QED) is 0.747. The molecule has 1 fully saturated rings. The molecule has 1 aromatic carbocycles. The maximum atomic E-state index is 12.6. The summed E-state index contributed by atoms with van der Waals surface area (Å²) in [6.07, 6.45) is 1.01. The van der Waals surface area contributed by atoms with E-state index in [1.807, 2.05) is 23.9 Å². The summed E-state index contributed by atoms with van der Waals surface area (Å²) in [5, 5.41) is 0.468. The fourth-order valence-electron chi connectivity index (χ4n) is 1.56. The van der Waals surface area contributed by atoms with Gasteiger partial charge in [0.1, 0.15) is 5.82 Å². The minimum absolute atomic E-state index is 0.170. The molecule has 0 saturated carbocycles. The molecule has 0 bridgehead atoms. The first-order chi connectivity index (χ1) is 6.25. The Morgan fingerprint density at radius 1 is 1.31 bits per heavy atom. The van der Waals surface area contributed by atoms with E-state index in [-0.39, 0.29) is 5.82 Å². The Bertz CT molecular complexity index is 285. The number of halogens is 1. The molecule has 13 heavy (non-hydrogen) atoms. The molecule has 3 heteroatoms. The van der Waals surface area contributed by atoms with Crippen LogP contribution < -0.4 is 5.73 Å². The lowest BCUT2D eigenvalue weighted by Crippen LogP contribution is -2.17. The summed E-state index contributed by atoms with van der Waals surface area (Å²) in [7, 11) is 0. The maximum absolute atomic E-state index is 12.6. The summed E-state index contributed by atoms with van der Waals surface area (Å²) in [6.45, 7) is 0. The molecule has 1 heterocycles. The van der Waals surface area contributed by atoms with Crippen molar-refractivity contribution >= 4 is 11.8 Å². The summed E-state index contributed by atoms with van der Waals surface area (Å²) in [6, 6.07) is 7.04. The molecule has 2 rings (SSSR count). The zero-order valence-corrected chi connectivity index (χ0v) is 8.06. The van der Waals surface area contributed by atoms with Crippen molar-refractivity contribution < 1.29 is 4.39 Å². The van der Waals surface area contributed by atoms with Gasteiger partial charge in [0.15, 0.2) is 0 Å². The highest BCUT2D eigenvalue weighted by Gasteiger charge is 2.23. The van der Waals surface area contributed by atoms with Crippen LogP contribution in [0.3, 0.4) is 0 Å². The van der Waals surface area contributed by atoms with Gasteiger partial charge < -0.3 is 5.73 Å². The minimum atomic E-state index is -0.170. The van der Waals surface area contributed by atoms with Crippen molar-refractivity contribution in [1.29, 1.82) is 0 Å². The zero-order valence-electron chi connectivity index (χ0n) is 7.24. The van der Waals surface area contributed by atoms with Gasteiger partial charge in [0.25, 0.3) is 0 Å². The van der Waals surface area contributed by atoms with Gasteiger partial charge in [0.05, 0.1) is 0 Å². The Morgan fingerprint density at radius 3 is 2.54 bits per heavy atom. The van der Waals surface area contributed by atoms with Gasteiger partial charge in [-0.2, -0.15) is 11.8 Å². The SMILES string of the molecule is NC1CSC(c2ccc(F)cc2)C1. The van der Waals surface area contributed by atoms with E-state index in [0.717, 1.165) is 12.2 Å². The molecule has 1 aliphatic rings. The molecule has 1 saturated heterocycles. The maximum Gasteiger partial charge on any atom is 0.123 e. The van der Waals surface area contributed by atoms with Crippen molar-refractivity contribution in [3.05, 3.63) is 35.6 Å². The molecule has 70 valence electrons. The molecule has 0 amide bonds. The van der Waals surface area contributed by atoms with E-state index in [1.54, 1.807) is 0 Å². The summed E-state index contributed by atoms with van der Waals surface area (Å²) >= 11 is 1.86. The lowest BCUT2D eigenvalue weighted by Gasteiger charge is -2.08. The van der Waals surface area contributed by atoms with E-state index in [9.17, 15) is 4.39 Å². The molecular weight excluding hydrogens is 185 g/mol. The fraction of sp³-hybridized carbons (Fsp3) is 0.400. The lowest BCUT2D eigenvalue weighted by molar-refractivity contribution is 0.626. The third kappa shape index (κ3) is 2.03. The van der Waals surface area contributed by atoms with E-state index in [1.165, 1.54) is 17.7 Å². The van der Waals surface area contributed by atoms with Crippen molar-refractivity contribution in [2.24, 2.45) is 5.73 Å². The van der Waals surface area contributed by atoms with Gasteiger partial charge in [0.2, 0.25) is 0 Å². The summed E-state index contributed by atoms with van der Waals surface area (Å²) in [4.78, 5) is 0. The van der Waals surface area contributed by atoms with Crippen molar-refractivity contribution in [2.45, 2.75) is 17.7 Å². The topological polar surface area (TPSA) is 26.0 Å². The second-order valence-corrected chi connectivity index (χ2v) is 4.61. The van der Waals surface area contributed by atoms with Gasteiger partial charge in [-0.25, -0.2) is 4.39 Å². The Hall–Kier alpha value is -0.540. The smallest absolute Gasteiger partial charge is 0.123 e. The Labute approximate surface area is 81.5 Å². The summed E-state index contributed by atoms with van der Waals surface area (Å²) in [5.74, 6) is 0.846. The van der Waals surface area contributed by atoms with E-state index in [2.05, 4.69) is 0 Å². The van der Waals surface area contributed by atoms with Gasteiger partial charge in [0, 0.05) is 17.0 Å². The van der Waals surface area contributed by atoms with Crippen molar-refractivity contribution in [2.75, 3.05) is 5.75 Å². The number of benzene rings is 1. The van der Waals surface area contributed by atoms with E-state index < -0.39 is 0 Å². The van der Waals surface area contributed by atoms with Crippen molar-refractivity contribution in [3.8, 4) is 0 Å². The van der Waals surface area contributed by atoms with Crippen LogP contribution in [0.4, 0.5) is 4.39 Å². The van der Waals surface area contributed by atoms with Crippen LogP contribution in [-0.4, -0.2) is 11.8 Å². The minimum Gasteiger partial charge on any atom is -0.327 e. The normalized spacial score (nSPS) is 27.8. The number of rotatable bonds is 1. The molecule has 0 spiro atoms. The molecule has 0 aromatic heterocycles. The molecule has 1 aromatic rings. The van der Waals surface area contributed by atoms with Gasteiger partial charge in [-0.15, -0.1) is 0 Å². The highest BCUT2D eigenvalue weighted by atomic mass is 32.2. The highest BCUT2D eigenvalue weighted by Crippen LogP contribution is 2.39. The first-order valence-corrected chi connectivity index (χ1v) is 5.43. The Morgan fingerprint density at radius 2 is 2.00 bits per heavy atom. The van der Waals surface area contributed by atoms with Gasteiger partial charge in [-0.3, -0.25) is 0 Å². The first kappa shape index (κ1) is 9.03. The highest BCUT2D eigenvalue weighted by molar-refractivity contribution is 7.99. The Kier molecular flexibility index (Phi) is 2.56. The van der Waals surface area contributed by atoms with Gasteiger partial charge in [-0.05, 0) is 24.1 Å². The van der Waals surface area contributed by atoms with Crippen LogP contribution in [0.5, 0.6) is 0 Å². The molecule has 0 radical (unpaired) electrons. The Balaban J connectivity index is 2.13. The molecule has 1 nitrogen and oxygen atoms in total. The van der Waals surface area contributed by atoms with Crippen molar-refractivity contribution in [3.63, 3.8) is 0 Å². The third-order valence-electron chi connectivity index (χ3n) is 2.27. The monoisotopic (exact) mass is 197 g/mol. The van der Waals surface area contributed by atoms with Gasteiger partial charge >= 0.3 is 0 Å². The summed E-state index contributed by atoms with van der Waals surface area (Å²) in [5.41, 5.74) is 6.99. The van der Waals surface area contributed by atoms with Gasteiger partial charge in [-0.1, -0.05) is 12.1 Å². The second-order valence-electron chi connectivity index (χ2n) is 3.37. The average molecular weight is 197 g/mol. The van der Waals surface area contributed by atoms with Crippen LogP contribution in [0.15, 0.2) is 24.3 Å². The largest absolute Gasteiger partial charge is 0.327 e. The number of hydrogen-bond donors (Lipinski definition) is 1. The molecular formula is C10H12FNS. The first-order valence-electron chi connectivity index (χ1n) is 4.38. The van der Waals surface area contributed by atoms with E-state index in [4.69, 9.17) is 5.73 Å². The molecule has 1 aliphatic heterocycles. The van der Waals surface area contributed by atoms with Crippen LogP contribution in [0.25, 0.3) is 0 Å². The van der Waals surface area contributed by atoms with Crippen molar-refractivity contribution in [1.82, 2.24) is 0 Å². The molecule has 2 N–H and O–H groups in total. The number of thioether (sulfide) groups is 1. The molecule has 2 unspecified atom stereocenters. The van der Waals surface area contributed by atoms with Crippen LogP contribution in [0.1, 0.15) is 17.2 Å².